The van der Waals surface area contributed by atoms with E-state index in [1.54, 1.807) is 12.1 Å². The number of methoxy groups -OCH3 is 1. The van der Waals surface area contributed by atoms with Crippen LogP contribution in [0.5, 0.6) is 5.75 Å². The summed E-state index contributed by atoms with van der Waals surface area (Å²) in [6, 6.07) is 4.64. The van der Waals surface area contributed by atoms with Gasteiger partial charge in [0.05, 0.1) is 12.7 Å². The molecule has 1 aromatic rings. The number of hydrogen-bond donors (Lipinski definition) is 2. The highest BCUT2D eigenvalue weighted by molar-refractivity contribution is 6.31. The highest BCUT2D eigenvalue weighted by Crippen LogP contribution is 2.24. The summed E-state index contributed by atoms with van der Waals surface area (Å²) in [5, 5.41) is 11.7. The normalized spacial score (nSPS) is 10.9. The van der Waals surface area contributed by atoms with Crippen molar-refractivity contribution in [1.29, 1.82) is 0 Å². The van der Waals surface area contributed by atoms with Gasteiger partial charge in [0, 0.05) is 17.9 Å². The number of Topliss-reactive ketones (excluding diaryl/α,β-unsaturated/α-hetero) is 1. The number of carbonyl (C=O) groups is 3. The van der Waals surface area contributed by atoms with Gasteiger partial charge in [-0.1, -0.05) is 11.6 Å². The topological polar surface area (TPSA) is 92.7 Å². The van der Waals surface area contributed by atoms with Crippen LogP contribution in [-0.2, 0) is 9.59 Å². The lowest BCUT2D eigenvalue weighted by Gasteiger charge is -2.20. The third kappa shape index (κ3) is 4.73. The van der Waals surface area contributed by atoms with Crippen molar-refractivity contribution in [3.8, 4) is 5.75 Å². The summed E-state index contributed by atoms with van der Waals surface area (Å²) >= 11 is 5.85. The van der Waals surface area contributed by atoms with Gasteiger partial charge in [-0.3, -0.25) is 9.59 Å². The van der Waals surface area contributed by atoms with Gasteiger partial charge in [0.1, 0.15) is 11.3 Å². The molecular weight excluding hydrogens is 310 g/mol. The number of hydrogen-bond acceptors (Lipinski definition) is 4. The minimum Gasteiger partial charge on any atom is -0.496 e. The molecule has 0 saturated carbocycles. The van der Waals surface area contributed by atoms with E-state index in [1.807, 2.05) is 0 Å². The van der Waals surface area contributed by atoms with Crippen LogP contribution >= 0.6 is 11.6 Å². The molecule has 0 aromatic heterocycles. The molecule has 0 saturated heterocycles. The Balaban J connectivity index is 2.69. The molecule has 120 valence electrons. The van der Waals surface area contributed by atoms with Crippen LogP contribution in [0.3, 0.4) is 0 Å². The van der Waals surface area contributed by atoms with E-state index in [-0.39, 0.29) is 18.6 Å². The number of ether oxygens (including phenoxy) is 1. The molecule has 0 atom stereocenters. The largest absolute Gasteiger partial charge is 0.496 e. The number of halogens is 1. The smallest absolute Gasteiger partial charge is 0.328 e. The summed E-state index contributed by atoms with van der Waals surface area (Å²) < 4.78 is 5.08. The van der Waals surface area contributed by atoms with Gasteiger partial charge in [0.2, 0.25) is 5.91 Å². The fourth-order valence-corrected chi connectivity index (χ4v) is 1.90. The molecule has 0 bridgehead atoms. The second kappa shape index (κ2) is 7.26. The third-order valence-electron chi connectivity index (χ3n) is 3.03. The highest BCUT2D eigenvalue weighted by Gasteiger charge is 2.29. The molecule has 0 aliphatic heterocycles. The first-order valence-electron chi connectivity index (χ1n) is 6.58. The van der Waals surface area contributed by atoms with Crippen molar-refractivity contribution in [2.75, 3.05) is 7.11 Å². The second-order valence-electron chi connectivity index (χ2n) is 5.25. The van der Waals surface area contributed by atoms with Gasteiger partial charge in [0.15, 0.2) is 5.78 Å². The van der Waals surface area contributed by atoms with Crippen LogP contribution in [0, 0.1) is 0 Å². The molecule has 0 heterocycles. The highest BCUT2D eigenvalue weighted by atomic mass is 35.5. The van der Waals surface area contributed by atoms with Crippen molar-refractivity contribution in [2.45, 2.75) is 32.2 Å². The zero-order chi connectivity index (χ0) is 16.9. The molecule has 1 rings (SSSR count). The standard InChI is InChI=1S/C15H18ClNO5/c1-15(2,14(20)21)17-13(19)7-5-11(18)10-8-9(16)4-6-12(10)22-3/h4,6,8H,5,7H2,1-3H3,(H,17,19)(H,20,21). The van der Waals surface area contributed by atoms with Crippen LogP contribution in [0.15, 0.2) is 18.2 Å². The predicted molar refractivity (Wildman–Crippen MR) is 81.4 cm³/mol. The van der Waals surface area contributed by atoms with E-state index in [4.69, 9.17) is 21.4 Å². The SMILES string of the molecule is COc1ccc(Cl)cc1C(=O)CCC(=O)NC(C)(C)C(=O)O. The van der Waals surface area contributed by atoms with Gasteiger partial charge in [0.25, 0.3) is 0 Å². The molecule has 0 unspecified atom stereocenters. The quantitative estimate of drug-likeness (QED) is 0.749. The average molecular weight is 328 g/mol. The summed E-state index contributed by atoms with van der Waals surface area (Å²) in [6.07, 6.45) is -0.191. The Morgan fingerprint density at radius 2 is 1.91 bits per heavy atom. The van der Waals surface area contributed by atoms with Crippen LogP contribution < -0.4 is 10.1 Å². The fraction of sp³-hybridized carbons (Fsp3) is 0.400. The zero-order valence-corrected chi connectivity index (χ0v) is 13.4. The Morgan fingerprint density at radius 1 is 1.27 bits per heavy atom. The van der Waals surface area contributed by atoms with Gasteiger partial charge in [-0.05, 0) is 32.0 Å². The number of nitrogens with one attached hydrogen (secondary N) is 1. The van der Waals surface area contributed by atoms with Gasteiger partial charge < -0.3 is 15.2 Å². The Labute approximate surface area is 133 Å². The van der Waals surface area contributed by atoms with Gasteiger partial charge in [-0.25, -0.2) is 4.79 Å². The van der Waals surface area contributed by atoms with E-state index in [0.717, 1.165) is 0 Å². The minimum absolute atomic E-state index is 0.0712. The molecule has 7 heteroatoms. The average Bonchev–Trinajstić information content (AvgIpc) is 2.44. The first-order valence-corrected chi connectivity index (χ1v) is 6.96. The van der Waals surface area contributed by atoms with Gasteiger partial charge in [-0.15, -0.1) is 0 Å². The maximum absolute atomic E-state index is 12.1. The number of benzene rings is 1. The molecule has 1 aromatic carbocycles. The van der Waals surface area contributed by atoms with Gasteiger partial charge >= 0.3 is 5.97 Å². The summed E-state index contributed by atoms with van der Waals surface area (Å²) in [4.78, 5) is 34.8. The lowest BCUT2D eigenvalue weighted by molar-refractivity contribution is -0.146. The van der Waals surface area contributed by atoms with Crippen molar-refractivity contribution in [3.63, 3.8) is 0 Å². The molecule has 1 amide bonds. The number of carboxylic acid groups (broad SMARTS) is 1. The van der Waals surface area contributed by atoms with Gasteiger partial charge in [-0.2, -0.15) is 0 Å². The van der Waals surface area contributed by atoms with Crippen LogP contribution in [0.1, 0.15) is 37.0 Å². The number of aliphatic carboxylic acids is 1. The van der Waals surface area contributed by atoms with Crippen LogP contribution in [0.25, 0.3) is 0 Å². The number of ketones is 1. The van der Waals surface area contributed by atoms with Crippen molar-refractivity contribution >= 4 is 29.3 Å². The van der Waals surface area contributed by atoms with Crippen molar-refractivity contribution in [3.05, 3.63) is 28.8 Å². The van der Waals surface area contributed by atoms with Crippen molar-refractivity contribution in [1.82, 2.24) is 5.32 Å². The lowest BCUT2D eigenvalue weighted by Crippen LogP contribution is -2.49. The minimum atomic E-state index is -1.38. The van der Waals surface area contributed by atoms with E-state index >= 15 is 0 Å². The first kappa shape index (κ1) is 18.0. The number of rotatable bonds is 7. The fourth-order valence-electron chi connectivity index (χ4n) is 1.72. The summed E-state index contributed by atoms with van der Waals surface area (Å²) in [5.41, 5.74) is -1.09. The zero-order valence-electron chi connectivity index (χ0n) is 12.6. The number of carboxylic acids is 1. The summed E-state index contributed by atoms with van der Waals surface area (Å²) in [5.74, 6) is -1.59. The summed E-state index contributed by atoms with van der Waals surface area (Å²) in [7, 11) is 1.43. The van der Waals surface area contributed by atoms with Crippen molar-refractivity contribution in [2.24, 2.45) is 0 Å². The monoisotopic (exact) mass is 327 g/mol. The van der Waals surface area contributed by atoms with Crippen LogP contribution in [0.4, 0.5) is 0 Å². The molecule has 0 radical (unpaired) electrons. The molecule has 6 nitrogen and oxygen atoms in total. The summed E-state index contributed by atoms with van der Waals surface area (Å²) in [6.45, 7) is 2.74. The Hall–Kier alpha value is -2.08. The Kier molecular flexibility index (Phi) is 5.93. The molecule has 2 N–H and O–H groups in total. The van der Waals surface area contributed by atoms with E-state index < -0.39 is 17.4 Å². The number of amides is 1. The second-order valence-corrected chi connectivity index (χ2v) is 5.68. The van der Waals surface area contributed by atoms with Crippen LogP contribution in [0.2, 0.25) is 5.02 Å². The molecule has 0 aliphatic carbocycles. The Bertz CT molecular complexity index is 598. The predicted octanol–water partition coefficient (Wildman–Crippen LogP) is 2.29. The van der Waals surface area contributed by atoms with E-state index in [2.05, 4.69) is 5.32 Å². The Morgan fingerprint density at radius 3 is 2.45 bits per heavy atom. The van der Waals surface area contributed by atoms with E-state index in [9.17, 15) is 14.4 Å². The van der Waals surface area contributed by atoms with E-state index in [0.29, 0.717) is 16.3 Å². The lowest BCUT2D eigenvalue weighted by atomic mass is 10.0. The van der Waals surface area contributed by atoms with E-state index in [1.165, 1.54) is 27.0 Å². The molecule has 0 spiro atoms. The molecule has 0 aliphatic rings. The third-order valence-corrected chi connectivity index (χ3v) is 3.26. The maximum atomic E-state index is 12.1. The molecule has 22 heavy (non-hydrogen) atoms. The first-order chi connectivity index (χ1) is 10.2. The maximum Gasteiger partial charge on any atom is 0.328 e. The molecular formula is C15H18ClNO5. The number of carbonyl (C=O) groups excluding carboxylic acids is 2. The molecule has 0 fully saturated rings. The van der Waals surface area contributed by atoms with Crippen molar-refractivity contribution < 1.29 is 24.2 Å². The van der Waals surface area contributed by atoms with Crippen LogP contribution in [-0.4, -0.2) is 35.4 Å².